The SMILES string of the molecule is Oc1[nH]c2cccc(F)c2c1C=Nc1ccc(N2CCCCCC2)c(F)c1. The van der Waals surface area contributed by atoms with Crippen molar-refractivity contribution in [2.45, 2.75) is 25.7 Å². The monoisotopic (exact) mass is 369 g/mol. The van der Waals surface area contributed by atoms with Crippen molar-refractivity contribution in [2.75, 3.05) is 18.0 Å². The largest absolute Gasteiger partial charge is 0.494 e. The van der Waals surface area contributed by atoms with Crippen LogP contribution >= 0.6 is 0 Å². The van der Waals surface area contributed by atoms with Crippen LogP contribution in [0.25, 0.3) is 10.9 Å². The van der Waals surface area contributed by atoms with Crippen LogP contribution in [-0.4, -0.2) is 29.4 Å². The van der Waals surface area contributed by atoms with Crippen molar-refractivity contribution < 1.29 is 13.9 Å². The summed E-state index contributed by atoms with van der Waals surface area (Å²) in [5, 5.41) is 10.3. The van der Waals surface area contributed by atoms with E-state index in [-0.39, 0.29) is 22.6 Å². The molecule has 0 amide bonds. The van der Waals surface area contributed by atoms with Gasteiger partial charge in [-0.2, -0.15) is 0 Å². The van der Waals surface area contributed by atoms with E-state index < -0.39 is 5.82 Å². The molecule has 140 valence electrons. The van der Waals surface area contributed by atoms with E-state index in [1.165, 1.54) is 31.2 Å². The van der Waals surface area contributed by atoms with E-state index in [1.54, 1.807) is 24.3 Å². The fourth-order valence-electron chi connectivity index (χ4n) is 3.62. The molecular formula is C21H21F2N3O. The third kappa shape index (κ3) is 3.52. The molecule has 3 aromatic rings. The number of nitrogens with one attached hydrogen (secondary N) is 1. The van der Waals surface area contributed by atoms with E-state index in [4.69, 9.17) is 0 Å². The number of hydrogen-bond donors (Lipinski definition) is 2. The number of rotatable bonds is 3. The maximum absolute atomic E-state index is 14.6. The fraction of sp³-hybridized carbons (Fsp3) is 0.286. The first kappa shape index (κ1) is 17.5. The number of aliphatic imine (C=N–C) groups is 1. The molecule has 1 aliphatic rings. The molecule has 2 aromatic carbocycles. The number of fused-ring (bicyclic) bond motifs is 1. The lowest BCUT2D eigenvalue weighted by atomic mass is 10.1. The minimum atomic E-state index is -0.451. The summed E-state index contributed by atoms with van der Waals surface area (Å²) in [6.45, 7) is 1.73. The minimum Gasteiger partial charge on any atom is -0.494 e. The van der Waals surface area contributed by atoms with Crippen molar-refractivity contribution in [3.05, 3.63) is 53.6 Å². The Morgan fingerprint density at radius 3 is 2.52 bits per heavy atom. The third-order valence-corrected chi connectivity index (χ3v) is 5.01. The molecular weight excluding hydrogens is 348 g/mol. The van der Waals surface area contributed by atoms with Crippen molar-refractivity contribution in [3.8, 4) is 5.88 Å². The molecule has 0 unspecified atom stereocenters. The second kappa shape index (κ2) is 7.39. The number of nitrogens with zero attached hydrogens (tertiary/aromatic N) is 2. The van der Waals surface area contributed by atoms with E-state index >= 15 is 0 Å². The van der Waals surface area contributed by atoms with Crippen LogP contribution in [0.1, 0.15) is 31.2 Å². The third-order valence-electron chi connectivity index (χ3n) is 5.01. The smallest absolute Gasteiger partial charge is 0.198 e. The number of aromatic hydroxyl groups is 1. The summed E-state index contributed by atoms with van der Waals surface area (Å²) in [5.74, 6) is -0.936. The van der Waals surface area contributed by atoms with Crippen LogP contribution in [-0.2, 0) is 0 Å². The van der Waals surface area contributed by atoms with Gasteiger partial charge in [0.05, 0.1) is 22.5 Å². The van der Waals surface area contributed by atoms with Gasteiger partial charge in [0.15, 0.2) is 5.88 Å². The van der Waals surface area contributed by atoms with Crippen molar-refractivity contribution in [1.82, 2.24) is 4.98 Å². The summed E-state index contributed by atoms with van der Waals surface area (Å²) in [6.07, 6.45) is 5.88. The molecule has 0 aliphatic carbocycles. The Morgan fingerprint density at radius 2 is 1.78 bits per heavy atom. The molecule has 0 spiro atoms. The molecule has 0 bridgehead atoms. The topological polar surface area (TPSA) is 51.6 Å². The molecule has 0 saturated carbocycles. The number of aromatic nitrogens is 1. The average Bonchev–Trinajstić information content (AvgIpc) is 2.82. The summed E-state index contributed by atoms with van der Waals surface area (Å²) in [4.78, 5) is 9.03. The van der Waals surface area contributed by atoms with Gasteiger partial charge in [-0.05, 0) is 37.1 Å². The Bertz CT molecular complexity index is 989. The summed E-state index contributed by atoms with van der Waals surface area (Å²) in [5.41, 5.74) is 1.74. The molecule has 1 saturated heterocycles. The van der Waals surface area contributed by atoms with Crippen LogP contribution in [0.5, 0.6) is 5.88 Å². The van der Waals surface area contributed by atoms with Gasteiger partial charge in [0.25, 0.3) is 0 Å². The highest BCUT2D eigenvalue weighted by atomic mass is 19.1. The van der Waals surface area contributed by atoms with E-state index in [0.717, 1.165) is 25.9 Å². The molecule has 4 nitrogen and oxygen atoms in total. The molecule has 4 rings (SSSR count). The van der Waals surface area contributed by atoms with Gasteiger partial charge in [0, 0.05) is 30.8 Å². The van der Waals surface area contributed by atoms with Gasteiger partial charge in [-0.25, -0.2) is 8.78 Å². The predicted octanol–water partition coefficient (Wildman–Crippen LogP) is 5.28. The van der Waals surface area contributed by atoms with Crippen LogP contribution in [0, 0.1) is 11.6 Å². The van der Waals surface area contributed by atoms with E-state index in [1.807, 2.05) is 0 Å². The second-order valence-corrected chi connectivity index (χ2v) is 6.84. The quantitative estimate of drug-likeness (QED) is 0.617. The molecule has 1 fully saturated rings. The fourth-order valence-corrected chi connectivity index (χ4v) is 3.62. The van der Waals surface area contributed by atoms with Gasteiger partial charge in [-0.1, -0.05) is 18.9 Å². The standard InChI is InChI=1S/C21H21F2N3O/c22-16-6-5-7-18-20(16)15(21(27)25-18)13-24-14-8-9-19(17(23)12-14)26-10-3-1-2-4-11-26/h5-9,12-13,25,27H,1-4,10-11H2. The first-order valence-electron chi connectivity index (χ1n) is 9.21. The number of benzene rings is 2. The number of anilines is 1. The minimum absolute atomic E-state index is 0.166. The molecule has 1 aliphatic heterocycles. The summed E-state index contributed by atoms with van der Waals surface area (Å²) in [6, 6.07) is 9.41. The Morgan fingerprint density at radius 1 is 1.00 bits per heavy atom. The van der Waals surface area contributed by atoms with Crippen molar-refractivity contribution in [2.24, 2.45) is 4.99 Å². The Labute approximate surface area is 156 Å². The van der Waals surface area contributed by atoms with Gasteiger partial charge < -0.3 is 15.0 Å². The van der Waals surface area contributed by atoms with Crippen molar-refractivity contribution >= 4 is 28.5 Å². The highest BCUT2D eigenvalue weighted by Gasteiger charge is 2.15. The van der Waals surface area contributed by atoms with Gasteiger partial charge >= 0.3 is 0 Å². The van der Waals surface area contributed by atoms with E-state index in [9.17, 15) is 13.9 Å². The van der Waals surface area contributed by atoms with Crippen LogP contribution < -0.4 is 4.90 Å². The zero-order valence-corrected chi connectivity index (χ0v) is 14.9. The summed E-state index contributed by atoms with van der Waals surface area (Å²) in [7, 11) is 0. The molecule has 0 atom stereocenters. The number of hydrogen-bond acceptors (Lipinski definition) is 3. The Kier molecular flexibility index (Phi) is 4.79. The van der Waals surface area contributed by atoms with Crippen LogP contribution in [0.3, 0.4) is 0 Å². The first-order valence-corrected chi connectivity index (χ1v) is 9.21. The molecule has 1 aromatic heterocycles. The lowest BCUT2D eigenvalue weighted by Crippen LogP contribution is -2.24. The zero-order valence-electron chi connectivity index (χ0n) is 14.9. The van der Waals surface area contributed by atoms with E-state index in [0.29, 0.717) is 16.9 Å². The zero-order chi connectivity index (χ0) is 18.8. The molecule has 27 heavy (non-hydrogen) atoms. The van der Waals surface area contributed by atoms with Crippen molar-refractivity contribution in [1.29, 1.82) is 0 Å². The lowest BCUT2D eigenvalue weighted by molar-refractivity contribution is 0.457. The molecule has 6 heteroatoms. The maximum Gasteiger partial charge on any atom is 0.198 e. The van der Waals surface area contributed by atoms with Gasteiger partial charge in [-0.3, -0.25) is 4.99 Å². The molecule has 2 heterocycles. The molecule has 0 radical (unpaired) electrons. The van der Waals surface area contributed by atoms with Gasteiger partial charge in [0.2, 0.25) is 0 Å². The second-order valence-electron chi connectivity index (χ2n) is 6.84. The number of H-pyrrole nitrogens is 1. The maximum atomic E-state index is 14.6. The van der Waals surface area contributed by atoms with Crippen LogP contribution in [0.15, 0.2) is 41.4 Å². The predicted molar refractivity (Wildman–Crippen MR) is 104 cm³/mol. The number of halogens is 2. The summed E-state index contributed by atoms with van der Waals surface area (Å²) >= 11 is 0. The summed E-state index contributed by atoms with van der Waals surface area (Å²) < 4.78 is 28.7. The van der Waals surface area contributed by atoms with Gasteiger partial charge in [-0.15, -0.1) is 0 Å². The molecule has 2 N–H and O–H groups in total. The highest BCUT2D eigenvalue weighted by molar-refractivity contribution is 6.02. The van der Waals surface area contributed by atoms with E-state index in [2.05, 4.69) is 14.9 Å². The first-order chi connectivity index (χ1) is 13.1. The van der Waals surface area contributed by atoms with Crippen LogP contribution in [0.2, 0.25) is 0 Å². The Balaban J connectivity index is 1.62. The average molecular weight is 369 g/mol. The van der Waals surface area contributed by atoms with Crippen molar-refractivity contribution in [3.63, 3.8) is 0 Å². The normalized spacial score (nSPS) is 15.6. The van der Waals surface area contributed by atoms with Crippen LogP contribution in [0.4, 0.5) is 20.2 Å². The lowest BCUT2D eigenvalue weighted by Gasteiger charge is -2.23. The number of aromatic amines is 1. The highest BCUT2D eigenvalue weighted by Crippen LogP contribution is 2.30. The Hall–Kier alpha value is -2.89. The van der Waals surface area contributed by atoms with Gasteiger partial charge in [0.1, 0.15) is 11.6 Å².